The Morgan fingerprint density at radius 1 is 0.482 bits per heavy atom. The van der Waals surface area contributed by atoms with Gasteiger partial charge in [0.1, 0.15) is 36.4 Å². The highest BCUT2D eigenvalue weighted by Gasteiger charge is 2.47. The van der Waals surface area contributed by atoms with Crippen LogP contribution in [0.5, 0.6) is 46.0 Å². The molecule has 28 nitrogen and oxygen atoms in total. The second kappa shape index (κ2) is 54.8. The normalized spacial score (nSPS) is 23.7. The van der Waals surface area contributed by atoms with Crippen molar-refractivity contribution >= 4 is 35.1 Å². The third-order valence-corrected chi connectivity index (χ3v) is 28.8. The monoisotopic (exact) mass is 1930 g/mol. The fraction of sp³-hybridized carbons (Fsp3) is 0.682. The molecule has 5 fully saturated rings. The Hall–Kier alpha value is -8.03. The van der Waals surface area contributed by atoms with Crippen LogP contribution in [0.2, 0.25) is 6.82 Å². The molecule has 0 aliphatic carbocycles. The van der Waals surface area contributed by atoms with Crippen LogP contribution in [0.25, 0.3) is 0 Å². The smallest absolute Gasteiger partial charge is 0.374 e. The Kier molecular flexibility index (Phi) is 46.4. The number of piperidine rings is 4. The van der Waals surface area contributed by atoms with Gasteiger partial charge in [0.25, 0.3) is 10.1 Å². The molecule has 0 saturated carbocycles. The number of methoxy groups -OCH3 is 8. The quantitative estimate of drug-likeness (QED) is 0.0117. The molecule has 30 heteroatoms. The van der Waals surface area contributed by atoms with Crippen LogP contribution in [-0.2, 0) is 69.1 Å². The van der Waals surface area contributed by atoms with Gasteiger partial charge in [-0.15, -0.1) is 0 Å². The average Bonchev–Trinajstić information content (AvgIpc) is 1.17. The van der Waals surface area contributed by atoms with Crippen molar-refractivity contribution in [3.63, 3.8) is 0 Å². The van der Waals surface area contributed by atoms with E-state index in [1.807, 2.05) is 48.5 Å². The van der Waals surface area contributed by atoms with E-state index in [-0.39, 0.29) is 96.4 Å². The number of ether oxygens (including phenoxy) is 12. The van der Waals surface area contributed by atoms with E-state index in [0.29, 0.717) is 53.6 Å². The van der Waals surface area contributed by atoms with Gasteiger partial charge in [-0.05, 0) is 244 Å². The fourth-order valence-electron chi connectivity index (χ4n) is 20.9. The number of nitrogens with two attached hydrogens (primary N) is 2. The summed E-state index contributed by atoms with van der Waals surface area (Å²) >= 11 is 0. The molecule has 0 radical (unpaired) electrons. The minimum absolute atomic E-state index is 0. The zero-order valence-corrected chi connectivity index (χ0v) is 87.4. The van der Waals surface area contributed by atoms with Crippen molar-refractivity contribution in [3.8, 4) is 52.1 Å². The third kappa shape index (κ3) is 32.2. The zero-order chi connectivity index (χ0) is 100. The summed E-state index contributed by atoms with van der Waals surface area (Å²) in [4.78, 5) is 48.6. The molecule has 16 atom stereocenters. The Morgan fingerprint density at radius 2 is 0.759 bits per heavy atom. The highest BCUT2D eigenvalue weighted by molar-refractivity contribution is 7.85. The maximum atomic E-state index is 13.2. The van der Waals surface area contributed by atoms with Crippen molar-refractivity contribution < 1.29 is 94.3 Å². The molecule has 0 aromatic heterocycles. The summed E-state index contributed by atoms with van der Waals surface area (Å²) in [7, 11) is 8.58. The molecule has 14 rings (SSSR count). The number of fused-ring (bicyclic) bond motifs is 12. The maximum Gasteiger partial charge on any atom is 0.374 e. The number of carbonyl (C=O) groups is 3. The first kappa shape index (κ1) is 116. The van der Waals surface area contributed by atoms with Crippen LogP contribution in [0.4, 0.5) is 0 Å². The van der Waals surface area contributed by atoms with Crippen molar-refractivity contribution in [1.29, 1.82) is 5.26 Å². The first-order chi connectivity index (χ1) is 64.5. The van der Waals surface area contributed by atoms with E-state index in [1.165, 1.54) is 76.4 Å². The van der Waals surface area contributed by atoms with Gasteiger partial charge in [0.2, 0.25) is 0 Å². The molecule has 768 valence electrons. The molecule has 0 spiro atoms. The minimum atomic E-state index is -4.02. The lowest BCUT2D eigenvalue weighted by Gasteiger charge is -2.47. The number of aryl methyl sites for hydroxylation is 1. The summed E-state index contributed by atoms with van der Waals surface area (Å²) in [6.45, 7) is 45.4. The average molecular weight is 1930 g/mol. The first-order valence-electron chi connectivity index (χ1n) is 49.6. The number of nitriles is 1. The van der Waals surface area contributed by atoms with Crippen molar-refractivity contribution in [2.45, 2.75) is 300 Å². The van der Waals surface area contributed by atoms with Crippen LogP contribution >= 0.6 is 0 Å². The highest BCUT2D eigenvalue weighted by Crippen LogP contribution is 2.50. The topological polar surface area (TPSA) is 358 Å². The van der Waals surface area contributed by atoms with Gasteiger partial charge in [0, 0.05) is 127 Å². The van der Waals surface area contributed by atoms with Gasteiger partial charge < -0.3 is 83.7 Å². The number of hydrogen-bond acceptors (Lipinski definition) is 27. The Balaban J connectivity index is 0.000000233. The Morgan fingerprint density at radius 3 is 1.00 bits per heavy atom. The van der Waals surface area contributed by atoms with Crippen LogP contribution in [0.1, 0.15) is 257 Å². The molecule has 5 aromatic carbocycles. The van der Waals surface area contributed by atoms with Gasteiger partial charge in [-0.2, -0.15) is 13.7 Å². The molecular formula is C107H171BN8O20S. The second-order valence-corrected chi connectivity index (χ2v) is 42.5. The lowest BCUT2D eigenvalue weighted by atomic mass is 9.79. The van der Waals surface area contributed by atoms with E-state index in [0.717, 1.165) is 188 Å². The van der Waals surface area contributed by atoms with Gasteiger partial charge in [0.05, 0.1) is 80.1 Å². The van der Waals surface area contributed by atoms with Crippen molar-refractivity contribution in [3.05, 3.63) is 123 Å². The molecule has 9 aliphatic heterocycles. The number of aliphatic hydroxyl groups excluding tert-OH is 1. The molecule has 8 N–H and O–H groups in total. The van der Waals surface area contributed by atoms with Gasteiger partial charge >= 0.3 is 25.0 Å². The Labute approximate surface area is 821 Å². The summed E-state index contributed by atoms with van der Waals surface area (Å²) in [5, 5.41) is 30.7. The largest absolute Gasteiger partial charge is 0.493 e. The SMILES string of the molecule is C.CC#N.CC1CCCO1.COc1cc2c(cc1OC)[C@H]1C[C@@H](O)[C@H](CC(C)C)CN1CC2.COc1cc2c(cc1OC)[C@H]1C[C@@H](OC(=O)[C@@H](N)C(C)C)[C@H](CC(C)C)CN1CC2.COc1cc2c(cc1OC)[C@H]1C[C@@H](OC(=O)[C@@H](N)C(C)C)[C@H](CC(C)C)CN1CC2.COc1cc2c(cc1OC)[C@H]1C[C@@H](OC(=O)[C@@H](NB(C)O)C(C)C)[C@H](CC(C)C)CN1CC2.Cc1ccc(S(=O)(=O)O)cc1. The van der Waals surface area contributed by atoms with Crippen molar-refractivity contribution in [1.82, 2.24) is 24.8 Å². The summed E-state index contributed by atoms with van der Waals surface area (Å²) in [5.74, 6) is 8.99. The minimum Gasteiger partial charge on any atom is -0.493 e. The lowest BCUT2D eigenvalue weighted by Crippen LogP contribution is -2.53. The van der Waals surface area contributed by atoms with E-state index < -0.39 is 35.3 Å². The molecule has 5 saturated heterocycles. The van der Waals surface area contributed by atoms with Crippen LogP contribution in [0.15, 0.2) is 77.7 Å². The number of nitrogens with one attached hydrogen (secondary N) is 1. The predicted octanol–water partition coefficient (Wildman–Crippen LogP) is 17.1. The molecule has 137 heavy (non-hydrogen) atoms. The molecule has 0 bridgehead atoms. The summed E-state index contributed by atoms with van der Waals surface area (Å²) < 4.78 is 97.1. The number of hydrogen-bond donors (Lipinski definition) is 6. The second-order valence-electron chi connectivity index (χ2n) is 41.1. The Bertz CT molecular complexity index is 4610. The van der Waals surface area contributed by atoms with Crippen LogP contribution in [0, 0.1) is 83.4 Å². The number of benzene rings is 5. The first-order valence-corrected chi connectivity index (χ1v) is 51.1. The summed E-state index contributed by atoms with van der Waals surface area (Å²) in [6.07, 6.45) is 13.8. The maximum absolute atomic E-state index is 13.2. The van der Waals surface area contributed by atoms with Gasteiger partial charge in [0.15, 0.2) is 46.0 Å². The number of aliphatic hydroxyl groups is 1. The van der Waals surface area contributed by atoms with Crippen LogP contribution in [-0.4, -0.2) is 232 Å². The van der Waals surface area contributed by atoms with Crippen LogP contribution < -0.4 is 54.6 Å². The van der Waals surface area contributed by atoms with E-state index in [2.05, 4.69) is 136 Å². The van der Waals surface area contributed by atoms with Gasteiger partial charge in [-0.1, -0.05) is 122 Å². The van der Waals surface area contributed by atoms with E-state index >= 15 is 0 Å². The molecule has 0 amide bonds. The van der Waals surface area contributed by atoms with E-state index in [4.69, 9.17) is 78.1 Å². The standard InChI is InChI=1S/C25H41BN2O5.2C24H38N2O4.C19H29NO3.C7H8O3S.C5H10O.C2H3N.CH4/c1-15(2)10-18-14-28-9-8-17-11-22(31-6)23(32-7)12-19(17)20(28)13-21(18)33-25(29)24(16(3)4)27-26(5)30;2*1-14(2)9-17-13-26-8-7-16-10-21(28-5)22(29-6)11-18(16)19(26)12-20(17)30-24(27)23(25)15(3)4;1-12(2)7-14-11-20-6-5-13-8-18(22-3)19(23-4)9-15(13)16(20)10-17(14)21;1-6-2-4-7(5-3-6)11(8,9)10;1-5-3-2-4-6-5;1-2-3;/h11-12,15-16,18,20-21,24,27,30H,8-10,13-14H2,1-7H3;2*10-11,14-15,17,19-20,23H,7-9,12-13,25H2,1-6H3;8-9,12,14,16-17,21H,5-7,10-11H2,1-4H3;2-5H,1H3,(H,8,9,10);5H,2-4H2,1H3;1H3;1H4/t18-,20-,21-,24+;2*17-,19-,20-,23+;14-,16-,17-;;;;/m1111..../s1. The summed E-state index contributed by atoms with van der Waals surface area (Å²) in [6, 6.07) is 23.8. The van der Waals surface area contributed by atoms with Crippen molar-refractivity contribution in [2.24, 2.45) is 76.6 Å². The zero-order valence-electron chi connectivity index (χ0n) is 86.6. The van der Waals surface area contributed by atoms with Gasteiger partial charge in [-0.25, -0.2) is 0 Å². The molecule has 1 unspecified atom stereocenters. The summed E-state index contributed by atoms with van der Waals surface area (Å²) in [5.41, 5.74) is 23.4. The fourth-order valence-corrected chi connectivity index (χ4v) is 21.3. The molecule has 9 heterocycles. The van der Waals surface area contributed by atoms with Crippen molar-refractivity contribution in [2.75, 3.05) is 116 Å². The molecule has 5 aromatic rings. The lowest BCUT2D eigenvalue weighted by molar-refractivity contribution is -0.161. The van der Waals surface area contributed by atoms with Gasteiger partial charge in [-0.3, -0.25) is 38.5 Å². The number of nitrogens with zero attached hydrogens (tertiary/aromatic N) is 5. The number of carbonyl (C=O) groups excluding carboxylic acids is 3. The third-order valence-electron chi connectivity index (χ3n) is 28.0. The van der Waals surface area contributed by atoms with E-state index in [1.54, 1.807) is 81.9 Å². The van der Waals surface area contributed by atoms with E-state index in [9.17, 15) is 32.9 Å². The predicted molar refractivity (Wildman–Crippen MR) is 541 cm³/mol. The number of esters is 3. The van der Waals surface area contributed by atoms with Crippen LogP contribution in [0.3, 0.4) is 0 Å². The number of rotatable bonds is 28. The molecule has 9 aliphatic rings. The highest BCUT2D eigenvalue weighted by atomic mass is 32.2. The molecular weight excluding hydrogens is 1760 g/mol.